The number of likely N-dealkylation sites (tertiary alicyclic amines) is 1. The van der Waals surface area contributed by atoms with E-state index in [1.807, 2.05) is 38.1 Å². The number of hydrogen-bond acceptors (Lipinski definition) is 3. The Morgan fingerprint density at radius 1 is 1.32 bits per heavy atom. The highest BCUT2D eigenvalue weighted by Crippen LogP contribution is 2.30. The Bertz CT molecular complexity index is 556. The van der Waals surface area contributed by atoms with Crippen LogP contribution >= 0.6 is 0 Å². The zero-order valence-corrected chi connectivity index (χ0v) is 13.7. The van der Waals surface area contributed by atoms with Gasteiger partial charge in [-0.05, 0) is 39.3 Å². The molecular formula is C17H24N2O3. The first-order valence-electron chi connectivity index (χ1n) is 7.60. The Hall–Kier alpha value is -2.04. The van der Waals surface area contributed by atoms with Gasteiger partial charge in [0.1, 0.15) is 5.75 Å². The number of nitrogens with zero attached hydrogens (tertiary/aromatic N) is 1. The van der Waals surface area contributed by atoms with Crippen molar-refractivity contribution in [3.8, 4) is 5.75 Å². The van der Waals surface area contributed by atoms with Crippen LogP contribution in [-0.2, 0) is 9.59 Å². The molecule has 0 aliphatic carbocycles. The molecule has 0 spiro atoms. The Balaban J connectivity index is 1.97. The summed E-state index contributed by atoms with van der Waals surface area (Å²) in [7, 11) is 1.63. The predicted molar refractivity (Wildman–Crippen MR) is 84.6 cm³/mol. The largest absolute Gasteiger partial charge is 0.481 e. The molecule has 1 aromatic carbocycles. The van der Waals surface area contributed by atoms with Gasteiger partial charge in [0.2, 0.25) is 5.91 Å². The lowest BCUT2D eigenvalue weighted by molar-refractivity contribution is -0.138. The third-order valence-electron chi connectivity index (χ3n) is 4.24. The molecule has 2 amide bonds. The number of amides is 2. The maximum absolute atomic E-state index is 12.5. The Kier molecular flexibility index (Phi) is 4.74. The lowest BCUT2D eigenvalue weighted by atomic mass is 9.89. The van der Waals surface area contributed by atoms with Gasteiger partial charge in [-0.2, -0.15) is 0 Å². The fourth-order valence-corrected chi connectivity index (χ4v) is 2.76. The topological polar surface area (TPSA) is 58.6 Å². The van der Waals surface area contributed by atoms with Crippen LogP contribution in [0.4, 0.5) is 0 Å². The third kappa shape index (κ3) is 3.40. The Morgan fingerprint density at radius 3 is 2.55 bits per heavy atom. The SMILES string of the molecule is CNC(=O)[C@@]1(C)CCN(C(=O)[C@H](C)Oc2ccc(C)cc2)C1. The van der Waals surface area contributed by atoms with E-state index in [0.29, 0.717) is 25.3 Å². The van der Waals surface area contributed by atoms with E-state index in [0.717, 1.165) is 5.56 Å². The van der Waals surface area contributed by atoms with Gasteiger partial charge < -0.3 is 15.0 Å². The van der Waals surface area contributed by atoms with Gasteiger partial charge in [0.05, 0.1) is 5.41 Å². The van der Waals surface area contributed by atoms with E-state index >= 15 is 0 Å². The van der Waals surface area contributed by atoms with E-state index in [2.05, 4.69) is 5.32 Å². The molecule has 1 aliphatic heterocycles. The summed E-state index contributed by atoms with van der Waals surface area (Å²) in [5, 5.41) is 2.67. The molecule has 1 fully saturated rings. The van der Waals surface area contributed by atoms with Crippen LogP contribution < -0.4 is 10.1 Å². The summed E-state index contributed by atoms with van der Waals surface area (Å²) in [4.78, 5) is 26.1. The summed E-state index contributed by atoms with van der Waals surface area (Å²) in [6.45, 7) is 6.67. The monoisotopic (exact) mass is 304 g/mol. The van der Waals surface area contributed by atoms with Crippen molar-refractivity contribution in [1.29, 1.82) is 0 Å². The molecule has 1 aliphatic rings. The number of benzene rings is 1. The first kappa shape index (κ1) is 16.3. The number of carbonyl (C=O) groups is 2. The first-order chi connectivity index (χ1) is 10.4. The highest BCUT2D eigenvalue weighted by Gasteiger charge is 2.42. The van der Waals surface area contributed by atoms with Crippen LogP contribution in [0.1, 0.15) is 25.8 Å². The Morgan fingerprint density at radius 2 is 1.95 bits per heavy atom. The van der Waals surface area contributed by atoms with Crippen molar-refractivity contribution in [2.45, 2.75) is 33.3 Å². The molecule has 2 atom stereocenters. The molecule has 1 aromatic rings. The standard InChI is InChI=1S/C17H24N2O3/c1-12-5-7-14(8-6-12)22-13(2)15(20)19-10-9-17(3,11-19)16(21)18-4/h5-8,13H,9-11H2,1-4H3,(H,18,21)/t13-,17-/m0/s1. The molecule has 120 valence electrons. The van der Waals surface area contributed by atoms with Crippen molar-refractivity contribution >= 4 is 11.8 Å². The number of aryl methyl sites for hydroxylation is 1. The minimum absolute atomic E-state index is 0.0186. The quantitative estimate of drug-likeness (QED) is 0.922. The number of ether oxygens (including phenoxy) is 1. The third-order valence-corrected chi connectivity index (χ3v) is 4.24. The van der Waals surface area contributed by atoms with Gasteiger partial charge in [0, 0.05) is 20.1 Å². The molecule has 0 saturated carbocycles. The van der Waals surface area contributed by atoms with E-state index in [-0.39, 0.29) is 11.8 Å². The summed E-state index contributed by atoms with van der Waals surface area (Å²) in [6.07, 6.45) is 0.116. The van der Waals surface area contributed by atoms with Gasteiger partial charge in [-0.3, -0.25) is 9.59 Å². The second-order valence-corrected chi connectivity index (χ2v) is 6.22. The van der Waals surface area contributed by atoms with E-state index in [1.54, 1.807) is 18.9 Å². The summed E-state index contributed by atoms with van der Waals surface area (Å²) in [5.74, 6) is 0.586. The van der Waals surface area contributed by atoms with E-state index in [9.17, 15) is 9.59 Å². The number of carbonyl (C=O) groups excluding carboxylic acids is 2. The average Bonchev–Trinajstić information content (AvgIpc) is 2.91. The summed E-state index contributed by atoms with van der Waals surface area (Å²) < 4.78 is 5.71. The highest BCUT2D eigenvalue weighted by molar-refractivity contribution is 5.86. The molecule has 0 unspecified atom stereocenters. The maximum atomic E-state index is 12.5. The fourth-order valence-electron chi connectivity index (χ4n) is 2.76. The fraction of sp³-hybridized carbons (Fsp3) is 0.529. The van der Waals surface area contributed by atoms with Crippen molar-refractivity contribution in [1.82, 2.24) is 10.2 Å². The highest BCUT2D eigenvalue weighted by atomic mass is 16.5. The molecular weight excluding hydrogens is 280 g/mol. The smallest absolute Gasteiger partial charge is 0.263 e. The first-order valence-corrected chi connectivity index (χ1v) is 7.60. The van der Waals surface area contributed by atoms with Crippen LogP contribution in [-0.4, -0.2) is 43.0 Å². The molecule has 1 N–H and O–H groups in total. The maximum Gasteiger partial charge on any atom is 0.263 e. The van der Waals surface area contributed by atoms with Crippen LogP contribution in [0.2, 0.25) is 0 Å². The Labute approximate surface area is 131 Å². The molecule has 5 heteroatoms. The molecule has 2 rings (SSSR count). The summed E-state index contributed by atoms with van der Waals surface area (Å²) in [6, 6.07) is 7.62. The molecule has 1 saturated heterocycles. The minimum Gasteiger partial charge on any atom is -0.481 e. The van der Waals surface area contributed by atoms with Crippen LogP contribution in [0.3, 0.4) is 0 Å². The predicted octanol–water partition coefficient (Wildman–Crippen LogP) is 1.75. The lowest BCUT2D eigenvalue weighted by Crippen LogP contribution is -2.43. The van der Waals surface area contributed by atoms with Crippen molar-refractivity contribution in [3.05, 3.63) is 29.8 Å². The van der Waals surface area contributed by atoms with Gasteiger partial charge in [0.15, 0.2) is 6.10 Å². The number of nitrogens with one attached hydrogen (secondary N) is 1. The van der Waals surface area contributed by atoms with E-state index in [1.165, 1.54) is 0 Å². The normalized spacial score (nSPS) is 22.3. The molecule has 1 heterocycles. The second-order valence-electron chi connectivity index (χ2n) is 6.22. The van der Waals surface area contributed by atoms with Crippen molar-refractivity contribution in [3.63, 3.8) is 0 Å². The minimum atomic E-state index is -0.560. The summed E-state index contributed by atoms with van der Waals surface area (Å²) in [5.41, 5.74) is 0.640. The van der Waals surface area contributed by atoms with Crippen LogP contribution in [0.15, 0.2) is 24.3 Å². The van der Waals surface area contributed by atoms with Crippen molar-refractivity contribution < 1.29 is 14.3 Å². The molecule has 5 nitrogen and oxygen atoms in total. The van der Waals surface area contributed by atoms with Gasteiger partial charge >= 0.3 is 0 Å². The zero-order valence-electron chi connectivity index (χ0n) is 13.7. The molecule has 0 radical (unpaired) electrons. The van der Waals surface area contributed by atoms with E-state index < -0.39 is 11.5 Å². The lowest BCUT2D eigenvalue weighted by Gasteiger charge is -2.25. The van der Waals surface area contributed by atoms with E-state index in [4.69, 9.17) is 4.74 Å². The molecule has 0 bridgehead atoms. The van der Waals surface area contributed by atoms with Crippen LogP contribution in [0.5, 0.6) is 5.75 Å². The molecule has 22 heavy (non-hydrogen) atoms. The molecule has 0 aromatic heterocycles. The summed E-state index contributed by atoms with van der Waals surface area (Å²) >= 11 is 0. The van der Waals surface area contributed by atoms with Crippen LogP contribution in [0.25, 0.3) is 0 Å². The van der Waals surface area contributed by atoms with Crippen molar-refractivity contribution in [2.24, 2.45) is 5.41 Å². The second kappa shape index (κ2) is 6.38. The zero-order chi connectivity index (χ0) is 16.3. The van der Waals surface area contributed by atoms with Gasteiger partial charge in [-0.15, -0.1) is 0 Å². The van der Waals surface area contributed by atoms with Gasteiger partial charge in [-0.25, -0.2) is 0 Å². The number of rotatable bonds is 4. The van der Waals surface area contributed by atoms with Gasteiger partial charge in [-0.1, -0.05) is 17.7 Å². The van der Waals surface area contributed by atoms with Crippen molar-refractivity contribution in [2.75, 3.05) is 20.1 Å². The van der Waals surface area contributed by atoms with Gasteiger partial charge in [0.25, 0.3) is 5.91 Å². The average molecular weight is 304 g/mol. The number of hydrogen-bond donors (Lipinski definition) is 1. The van der Waals surface area contributed by atoms with Crippen LogP contribution in [0, 0.1) is 12.3 Å².